The first kappa shape index (κ1) is 20.0. The van der Waals surface area contributed by atoms with Crippen molar-refractivity contribution in [1.82, 2.24) is 0 Å². The number of hydrogen-bond donors (Lipinski definition) is 1. The van der Waals surface area contributed by atoms with Crippen molar-refractivity contribution in [3.8, 4) is 0 Å². The molecule has 11 heteroatoms. The maximum Gasteiger partial charge on any atom is 0.349 e. The summed E-state index contributed by atoms with van der Waals surface area (Å²) in [6, 6.07) is 7.40. The molecule has 2 aromatic carbocycles. The third kappa shape index (κ3) is 4.08. The zero-order valence-electron chi connectivity index (χ0n) is 11.8. The van der Waals surface area contributed by atoms with E-state index in [4.69, 9.17) is 46.4 Å². The molecule has 0 atom stereocenters. The van der Waals surface area contributed by atoms with Gasteiger partial charge >= 0.3 is 11.9 Å². The summed E-state index contributed by atoms with van der Waals surface area (Å²) < 4.78 is 37.1. The third-order valence-corrected chi connectivity index (χ3v) is 5.72. The van der Waals surface area contributed by atoms with Crippen LogP contribution in [-0.2, 0) is 14.9 Å². The summed E-state index contributed by atoms with van der Waals surface area (Å²) in [5, 5.41) is -2.32. The van der Waals surface area contributed by atoms with Gasteiger partial charge in [0.05, 0.1) is 25.7 Å². The van der Waals surface area contributed by atoms with E-state index >= 15 is 0 Å². The standard InChI is InChI=1S/C14H6Cl4O6S/c15-8-7(12(25(21,22)23)11(18)10(17)9(8)16)14(20)24-13(19)6-4-2-1-3-5-6/h1-5H,(H,21,22,23). The Kier molecular flexibility index (Phi) is 5.98. The first-order valence-corrected chi connectivity index (χ1v) is 9.16. The van der Waals surface area contributed by atoms with Gasteiger partial charge in [0, 0.05) is 0 Å². The number of benzene rings is 2. The number of halogens is 4. The van der Waals surface area contributed by atoms with Crippen LogP contribution in [0.1, 0.15) is 20.7 Å². The van der Waals surface area contributed by atoms with Crippen molar-refractivity contribution in [2.24, 2.45) is 0 Å². The molecule has 132 valence electrons. The van der Waals surface area contributed by atoms with Crippen molar-refractivity contribution in [3.63, 3.8) is 0 Å². The Labute approximate surface area is 161 Å². The molecule has 2 aromatic rings. The molecule has 25 heavy (non-hydrogen) atoms. The van der Waals surface area contributed by atoms with E-state index in [0.717, 1.165) is 0 Å². The minimum Gasteiger partial charge on any atom is -0.386 e. The molecule has 0 saturated carbocycles. The molecule has 0 aliphatic heterocycles. The molecular formula is C14H6Cl4O6S. The first-order chi connectivity index (χ1) is 11.6. The number of carbonyl (C=O) groups is 2. The van der Waals surface area contributed by atoms with Gasteiger partial charge in [-0.15, -0.1) is 0 Å². The maximum absolute atomic E-state index is 12.3. The zero-order valence-corrected chi connectivity index (χ0v) is 15.6. The Bertz CT molecular complexity index is 973. The summed E-state index contributed by atoms with van der Waals surface area (Å²) in [4.78, 5) is 23.1. The van der Waals surface area contributed by atoms with Gasteiger partial charge in [0.25, 0.3) is 10.1 Å². The van der Waals surface area contributed by atoms with Crippen LogP contribution in [0.25, 0.3) is 0 Å². The Balaban J connectivity index is 2.58. The average Bonchev–Trinajstić information content (AvgIpc) is 2.55. The Hall–Kier alpha value is -1.35. The van der Waals surface area contributed by atoms with Crippen LogP contribution < -0.4 is 0 Å². The van der Waals surface area contributed by atoms with E-state index < -0.39 is 52.6 Å². The molecule has 0 saturated heterocycles. The molecule has 0 bridgehead atoms. The SMILES string of the molecule is O=C(OC(=O)c1c(Cl)c(Cl)c(Cl)c(Cl)c1S(=O)(=O)O)c1ccccc1. The lowest BCUT2D eigenvalue weighted by Crippen LogP contribution is -2.17. The van der Waals surface area contributed by atoms with Crippen LogP contribution in [0.2, 0.25) is 20.1 Å². The predicted molar refractivity (Wildman–Crippen MR) is 92.5 cm³/mol. The van der Waals surface area contributed by atoms with Crippen LogP contribution in [-0.4, -0.2) is 24.9 Å². The minimum absolute atomic E-state index is 0.0199. The summed E-state index contributed by atoms with van der Waals surface area (Å²) in [6.07, 6.45) is 0. The van der Waals surface area contributed by atoms with Gasteiger partial charge in [0.1, 0.15) is 10.5 Å². The molecular weight excluding hydrogens is 438 g/mol. The van der Waals surface area contributed by atoms with Crippen LogP contribution in [0.5, 0.6) is 0 Å². The van der Waals surface area contributed by atoms with E-state index in [1.165, 1.54) is 24.3 Å². The molecule has 0 aliphatic rings. The third-order valence-electron chi connectivity index (χ3n) is 2.88. The van der Waals surface area contributed by atoms with Gasteiger partial charge in [-0.3, -0.25) is 4.55 Å². The van der Waals surface area contributed by atoms with Gasteiger partial charge in [-0.2, -0.15) is 8.42 Å². The Morgan fingerprint density at radius 3 is 1.88 bits per heavy atom. The monoisotopic (exact) mass is 442 g/mol. The molecule has 0 fully saturated rings. The molecule has 1 N–H and O–H groups in total. The normalized spacial score (nSPS) is 11.2. The van der Waals surface area contributed by atoms with Crippen molar-refractivity contribution >= 4 is 68.5 Å². The van der Waals surface area contributed by atoms with Crippen LogP contribution in [0.3, 0.4) is 0 Å². The number of hydrogen-bond acceptors (Lipinski definition) is 5. The molecule has 0 aromatic heterocycles. The minimum atomic E-state index is -5.04. The van der Waals surface area contributed by atoms with Crippen molar-refractivity contribution in [1.29, 1.82) is 0 Å². The number of esters is 2. The predicted octanol–water partition coefficient (Wildman–Crippen LogP) is 4.54. The van der Waals surface area contributed by atoms with E-state index in [-0.39, 0.29) is 5.56 Å². The van der Waals surface area contributed by atoms with Crippen molar-refractivity contribution < 1.29 is 27.3 Å². The number of carbonyl (C=O) groups excluding carboxylic acids is 2. The topological polar surface area (TPSA) is 97.7 Å². The van der Waals surface area contributed by atoms with E-state index in [0.29, 0.717) is 0 Å². The largest absolute Gasteiger partial charge is 0.386 e. The molecule has 2 rings (SSSR count). The summed E-state index contributed by atoms with van der Waals surface area (Å²) >= 11 is 23.1. The second kappa shape index (κ2) is 7.49. The molecule has 0 spiro atoms. The average molecular weight is 444 g/mol. The van der Waals surface area contributed by atoms with Gasteiger partial charge < -0.3 is 4.74 Å². The Morgan fingerprint density at radius 2 is 1.36 bits per heavy atom. The lowest BCUT2D eigenvalue weighted by Gasteiger charge is -2.13. The van der Waals surface area contributed by atoms with Crippen molar-refractivity contribution in [2.75, 3.05) is 0 Å². The molecule has 0 unspecified atom stereocenters. The molecule has 0 heterocycles. The highest BCUT2D eigenvalue weighted by Crippen LogP contribution is 2.43. The van der Waals surface area contributed by atoms with Crippen molar-refractivity contribution in [2.45, 2.75) is 4.90 Å². The fourth-order valence-corrected chi connectivity index (χ4v) is 3.91. The second-order valence-corrected chi connectivity index (χ2v) is 7.35. The smallest absolute Gasteiger partial charge is 0.349 e. The zero-order chi connectivity index (χ0) is 18.9. The molecule has 6 nitrogen and oxygen atoms in total. The van der Waals surface area contributed by atoms with Gasteiger partial charge in [-0.25, -0.2) is 9.59 Å². The molecule has 0 aliphatic carbocycles. The highest BCUT2D eigenvalue weighted by atomic mass is 35.5. The maximum atomic E-state index is 12.3. The molecule has 0 amide bonds. The summed E-state index contributed by atoms with van der Waals surface area (Å²) in [7, 11) is -5.04. The van der Waals surface area contributed by atoms with Gasteiger partial charge in [-0.1, -0.05) is 64.6 Å². The van der Waals surface area contributed by atoms with E-state index in [1.807, 2.05) is 0 Å². The number of rotatable bonds is 3. The fraction of sp³-hybridized carbons (Fsp3) is 0. The lowest BCUT2D eigenvalue weighted by molar-refractivity contribution is 0.0395. The number of ether oxygens (including phenoxy) is 1. The van der Waals surface area contributed by atoms with Gasteiger partial charge in [0.2, 0.25) is 0 Å². The van der Waals surface area contributed by atoms with E-state index in [9.17, 15) is 22.6 Å². The fourth-order valence-electron chi connectivity index (χ4n) is 1.80. The lowest BCUT2D eigenvalue weighted by atomic mass is 10.2. The summed E-state index contributed by atoms with van der Waals surface area (Å²) in [6.45, 7) is 0. The quantitative estimate of drug-likeness (QED) is 0.246. The van der Waals surface area contributed by atoms with Crippen molar-refractivity contribution in [3.05, 3.63) is 61.5 Å². The van der Waals surface area contributed by atoms with Gasteiger partial charge in [-0.05, 0) is 12.1 Å². The van der Waals surface area contributed by atoms with E-state index in [2.05, 4.69) is 4.74 Å². The van der Waals surface area contributed by atoms with Crippen LogP contribution in [0, 0.1) is 0 Å². The van der Waals surface area contributed by atoms with Crippen LogP contribution in [0.15, 0.2) is 35.2 Å². The summed E-state index contributed by atoms with van der Waals surface area (Å²) in [5.74, 6) is -2.56. The summed E-state index contributed by atoms with van der Waals surface area (Å²) in [5.41, 5.74) is -0.889. The van der Waals surface area contributed by atoms with E-state index in [1.54, 1.807) is 6.07 Å². The molecule has 0 radical (unpaired) electrons. The highest BCUT2D eigenvalue weighted by Gasteiger charge is 2.33. The second-order valence-electron chi connectivity index (χ2n) is 4.48. The van der Waals surface area contributed by atoms with Crippen LogP contribution >= 0.6 is 46.4 Å². The van der Waals surface area contributed by atoms with Crippen LogP contribution in [0.4, 0.5) is 0 Å². The van der Waals surface area contributed by atoms with Gasteiger partial charge in [0.15, 0.2) is 0 Å². The highest BCUT2D eigenvalue weighted by molar-refractivity contribution is 7.86. The first-order valence-electron chi connectivity index (χ1n) is 6.20. The Morgan fingerprint density at radius 1 is 0.840 bits per heavy atom.